The van der Waals surface area contributed by atoms with Gasteiger partial charge in [0.25, 0.3) is 0 Å². The largest absolute Gasteiger partial charge is 0.479 e. The molecule has 3 atom stereocenters. The van der Waals surface area contributed by atoms with Crippen LogP contribution >= 0.6 is 15.9 Å². The quantitative estimate of drug-likeness (QED) is 0.695. The number of benzene rings is 2. The van der Waals surface area contributed by atoms with Gasteiger partial charge < -0.3 is 19.7 Å². The molecule has 0 amide bonds. The van der Waals surface area contributed by atoms with E-state index >= 15 is 0 Å². The Morgan fingerprint density at radius 3 is 2.07 bits per heavy atom. The van der Waals surface area contributed by atoms with E-state index in [0.717, 1.165) is 0 Å². The molecule has 0 aliphatic carbocycles. The number of carboxylic acids is 2. The normalized spacial score (nSPS) is 22.3. The highest BCUT2D eigenvalue weighted by molar-refractivity contribution is 9.09. The molecule has 2 aromatic carbocycles. The third-order valence-electron chi connectivity index (χ3n) is 4.35. The summed E-state index contributed by atoms with van der Waals surface area (Å²) in [5.74, 6) is -5.27. The van der Waals surface area contributed by atoms with Crippen molar-refractivity contribution in [1.29, 1.82) is 0 Å². The second kappa shape index (κ2) is 7.38. The standard InChI is InChI=1S/C19H16BrFO6/c1-10(20)19(26-15(17(22)23)16(27-19)18(24)25)12-7-8-13(14(21)9-12)11-5-3-2-4-6-11/h2-10,15-16H,1H3,(H,22,23)(H,24,25)/t10?,15-,16-/m1/s1. The monoisotopic (exact) mass is 438 g/mol. The molecule has 1 unspecified atom stereocenters. The average molecular weight is 439 g/mol. The maximum atomic E-state index is 14.8. The minimum Gasteiger partial charge on any atom is -0.479 e. The zero-order valence-corrected chi connectivity index (χ0v) is 15.7. The highest BCUT2D eigenvalue weighted by Gasteiger charge is 2.57. The van der Waals surface area contributed by atoms with Gasteiger partial charge in [0, 0.05) is 11.1 Å². The van der Waals surface area contributed by atoms with E-state index in [1.807, 2.05) is 6.07 Å². The molecule has 27 heavy (non-hydrogen) atoms. The average Bonchev–Trinajstić information content (AvgIpc) is 3.05. The fourth-order valence-electron chi connectivity index (χ4n) is 3.03. The zero-order chi connectivity index (χ0) is 19.8. The van der Waals surface area contributed by atoms with Gasteiger partial charge in [0.1, 0.15) is 5.82 Å². The number of halogens is 2. The van der Waals surface area contributed by atoms with Crippen LogP contribution in [0.2, 0.25) is 0 Å². The van der Waals surface area contributed by atoms with Crippen LogP contribution < -0.4 is 0 Å². The van der Waals surface area contributed by atoms with Gasteiger partial charge >= 0.3 is 11.9 Å². The summed E-state index contributed by atoms with van der Waals surface area (Å²) in [6, 6.07) is 13.1. The summed E-state index contributed by atoms with van der Waals surface area (Å²) in [5.41, 5.74) is 1.20. The van der Waals surface area contributed by atoms with E-state index in [0.29, 0.717) is 11.1 Å². The topological polar surface area (TPSA) is 93.1 Å². The number of carbonyl (C=O) groups is 2. The second-order valence-corrected chi connectivity index (χ2v) is 7.47. The van der Waals surface area contributed by atoms with Gasteiger partial charge in [-0.05, 0) is 18.6 Å². The molecule has 142 valence electrons. The van der Waals surface area contributed by atoms with Crippen LogP contribution in [0.1, 0.15) is 12.5 Å². The molecular formula is C19H16BrFO6. The molecule has 1 saturated heterocycles. The molecular weight excluding hydrogens is 423 g/mol. The van der Waals surface area contributed by atoms with Crippen LogP contribution in [0.4, 0.5) is 4.39 Å². The molecule has 0 radical (unpaired) electrons. The Kier molecular flexibility index (Phi) is 5.32. The molecule has 0 bridgehead atoms. The number of rotatable bonds is 5. The fraction of sp³-hybridized carbons (Fsp3) is 0.263. The van der Waals surface area contributed by atoms with E-state index < -0.39 is 40.6 Å². The summed E-state index contributed by atoms with van der Waals surface area (Å²) in [6.07, 6.45) is -3.45. The minimum atomic E-state index is -1.76. The lowest BCUT2D eigenvalue weighted by Gasteiger charge is -2.31. The van der Waals surface area contributed by atoms with Crippen LogP contribution in [0.3, 0.4) is 0 Å². The second-order valence-electron chi connectivity index (χ2n) is 6.10. The van der Waals surface area contributed by atoms with Gasteiger partial charge in [-0.1, -0.05) is 58.4 Å². The summed E-state index contributed by atoms with van der Waals surface area (Å²) < 4.78 is 25.8. The molecule has 8 heteroatoms. The Morgan fingerprint density at radius 2 is 1.63 bits per heavy atom. The van der Waals surface area contributed by atoms with Gasteiger partial charge in [0.15, 0.2) is 12.2 Å². The van der Waals surface area contributed by atoms with E-state index in [1.165, 1.54) is 18.2 Å². The van der Waals surface area contributed by atoms with E-state index in [1.54, 1.807) is 31.2 Å². The van der Waals surface area contributed by atoms with Crippen molar-refractivity contribution in [3.63, 3.8) is 0 Å². The van der Waals surface area contributed by atoms with Crippen LogP contribution in [0.15, 0.2) is 48.5 Å². The summed E-state index contributed by atoms with van der Waals surface area (Å²) in [7, 11) is 0. The SMILES string of the molecule is CC(Br)C1(c2ccc(-c3ccccc3)c(F)c2)O[C@@H](C(=O)O)[C@H](C(=O)O)O1. The highest BCUT2D eigenvalue weighted by Crippen LogP contribution is 2.44. The highest BCUT2D eigenvalue weighted by atomic mass is 79.9. The molecule has 6 nitrogen and oxygen atoms in total. The van der Waals surface area contributed by atoms with E-state index in [9.17, 15) is 24.2 Å². The van der Waals surface area contributed by atoms with Gasteiger partial charge in [0.05, 0.1) is 4.83 Å². The van der Waals surface area contributed by atoms with Crippen molar-refractivity contribution >= 4 is 27.9 Å². The Labute approximate surface area is 162 Å². The van der Waals surface area contributed by atoms with Gasteiger partial charge in [-0.2, -0.15) is 0 Å². The first-order valence-corrected chi connectivity index (χ1v) is 8.98. The lowest BCUT2D eigenvalue weighted by Crippen LogP contribution is -2.37. The molecule has 1 heterocycles. The Hall–Kier alpha value is -2.29. The predicted molar refractivity (Wildman–Crippen MR) is 96.9 cm³/mol. The van der Waals surface area contributed by atoms with Crippen molar-refractivity contribution < 1.29 is 33.7 Å². The van der Waals surface area contributed by atoms with Crippen molar-refractivity contribution in [2.75, 3.05) is 0 Å². The number of hydrogen-bond donors (Lipinski definition) is 2. The van der Waals surface area contributed by atoms with Gasteiger partial charge in [-0.25, -0.2) is 14.0 Å². The molecule has 3 rings (SSSR count). The number of carboxylic acid groups (broad SMARTS) is 2. The first-order chi connectivity index (χ1) is 12.8. The Morgan fingerprint density at radius 1 is 1.07 bits per heavy atom. The van der Waals surface area contributed by atoms with E-state index in [-0.39, 0.29) is 5.56 Å². The van der Waals surface area contributed by atoms with Crippen LogP contribution in [-0.4, -0.2) is 39.2 Å². The maximum Gasteiger partial charge on any atom is 0.336 e. The van der Waals surface area contributed by atoms with Gasteiger partial charge in [0.2, 0.25) is 5.79 Å². The zero-order valence-electron chi connectivity index (χ0n) is 14.1. The number of aliphatic carboxylic acids is 2. The molecule has 0 aromatic heterocycles. The summed E-state index contributed by atoms with van der Waals surface area (Å²) in [5, 5.41) is 18.6. The number of alkyl halides is 1. The van der Waals surface area contributed by atoms with E-state index in [4.69, 9.17) is 9.47 Å². The fourth-order valence-corrected chi connectivity index (χ4v) is 3.51. The minimum absolute atomic E-state index is 0.180. The van der Waals surface area contributed by atoms with Crippen molar-refractivity contribution in [2.24, 2.45) is 0 Å². The van der Waals surface area contributed by atoms with Crippen molar-refractivity contribution in [3.8, 4) is 11.1 Å². The lowest BCUT2D eigenvalue weighted by molar-refractivity contribution is -0.191. The lowest BCUT2D eigenvalue weighted by atomic mass is 9.98. The smallest absolute Gasteiger partial charge is 0.336 e. The molecule has 0 saturated carbocycles. The van der Waals surface area contributed by atoms with Gasteiger partial charge in [-0.15, -0.1) is 0 Å². The van der Waals surface area contributed by atoms with Crippen LogP contribution in [0.5, 0.6) is 0 Å². The van der Waals surface area contributed by atoms with Crippen LogP contribution in [0.25, 0.3) is 11.1 Å². The van der Waals surface area contributed by atoms with E-state index in [2.05, 4.69) is 15.9 Å². The first-order valence-electron chi connectivity index (χ1n) is 8.07. The Balaban J connectivity index is 2.05. The third-order valence-corrected chi connectivity index (χ3v) is 4.95. The molecule has 1 aliphatic heterocycles. The van der Waals surface area contributed by atoms with Crippen LogP contribution in [-0.2, 0) is 24.8 Å². The summed E-state index contributed by atoms with van der Waals surface area (Å²) in [6.45, 7) is 1.60. The molecule has 2 N–H and O–H groups in total. The Bertz CT molecular complexity index is 848. The van der Waals surface area contributed by atoms with Crippen LogP contribution in [0, 0.1) is 5.82 Å². The van der Waals surface area contributed by atoms with Gasteiger partial charge in [-0.3, -0.25) is 0 Å². The molecule has 1 fully saturated rings. The maximum absolute atomic E-state index is 14.8. The van der Waals surface area contributed by atoms with Crippen molar-refractivity contribution in [3.05, 3.63) is 59.9 Å². The number of hydrogen-bond acceptors (Lipinski definition) is 4. The van der Waals surface area contributed by atoms with Crippen molar-refractivity contribution in [1.82, 2.24) is 0 Å². The summed E-state index contributed by atoms with van der Waals surface area (Å²) in [4.78, 5) is 22.2. The van der Waals surface area contributed by atoms with Crippen molar-refractivity contribution in [2.45, 2.75) is 29.7 Å². The number of ether oxygens (including phenoxy) is 2. The molecule has 2 aromatic rings. The molecule has 0 spiro atoms. The first kappa shape index (κ1) is 19.5. The molecule has 1 aliphatic rings. The predicted octanol–water partition coefficient (Wildman–Crippen LogP) is 3.38. The summed E-state index contributed by atoms with van der Waals surface area (Å²) >= 11 is 3.28. The third kappa shape index (κ3) is 3.47.